The van der Waals surface area contributed by atoms with Crippen LogP contribution < -0.4 is 5.32 Å². The highest BCUT2D eigenvalue weighted by atomic mass is 16.3. The molecule has 1 aromatic heterocycles. The van der Waals surface area contributed by atoms with E-state index < -0.39 is 0 Å². The molecule has 0 spiro atoms. The molecule has 0 unspecified atom stereocenters. The third-order valence-corrected chi connectivity index (χ3v) is 2.10. The van der Waals surface area contributed by atoms with Crippen LogP contribution in [0.5, 0.6) is 0 Å². The van der Waals surface area contributed by atoms with Crippen LogP contribution >= 0.6 is 0 Å². The van der Waals surface area contributed by atoms with Crippen LogP contribution in [0, 0.1) is 0 Å². The van der Waals surface area contributed by atoms with Crippen LogP contribution in [0.25, 0.3) is 6.08 Å². The van der Waals surface area contributed by atoms with Crippen LogP contribution in [0.4, 0.5) is 0 Å². The van der Waals surface area contributed by atoms with E-state index in [1.165, 1.54) is 0 Å². The van der Waals surface area contributed by atoms with Crippen molar-refractivity contribution in [1.82, 2.24) is 10.2 Å². The molecule has 1 aromatic rings. The van der Waals surface area contributed by atoms with Crippen LogP contribution in [0.15, 0.2) is 28.9 Å². The Labute approximate surface area is 95.9 Å². The van der Waals surface area contributed by atoms with Crippen LogP contribution in [0.3, 0.4) is 0 Å². The summed E-state index contributed by atoms with van der Waals surface area (Å²) in [5.41, 5.74) is 0. The van der Waals surface area contributed by atoms with Gasteiger partial charge in [0.25, 0.3) is 0 Å². The monoisotopic (exact) mass is 222 g/mol. The van der Waals surface area contributed by atoms with Crippen molar-refractivity contribution < 1.29 is 9.21 Å². The molecule has 0 aromatic carbocycles. The summed E-state index contributed by atoms with van der Waals surface area (Å²) in [5.74, 6) is 0.980. The molecule has 1 N–H and O–H groups in total. The van der Waals surface area contributed by atoms with Gasteiger partial charge >= 0.3 is 0 Å². The van der Waals surface area contributed by atoms with E-state index >= 15 is 0 Å². The van der Waals surface area contributed by atoms with Crippen molar-refractivity contribution in [2.45, 2.75) is 6.42 Å². The third-order valence-electron chi connectivity index (χ3n) is 2.10. The van der Waals surface area contributed by atoms with Gasteiger partial charge in [0.05, 0.1) is 6.26 Å². The van der Waals surface area contributed by atoms with Gasteiger partial charge in [0.2, 0.25) is 5.91 Å². The number of furan rings is 1. The van der Waals surface area contributed by atoms with Gasteiger partial charge in [-0.05, 0) is 18.2 Å². The molecule has 0 aliphatic heterocycles. The van der Waals surface area contributed by atoms with Crippen LogP contribution in [-0.4, -0.2) is 38.0 Å². The van der Waals surface area contributed by atoms with E-state index in [1.807, 2.05) is 24.3 Å². The Morgan fingerprint density at radius 1 is 1.56 bits per heavy atom. The second-order valence-corrected chi connectivity index (χ2v) is 3.66. The van der Waals surface area contributed by atoms with Gasteiger partial charge in [0.15, 0.2) is 0 Å². The summed E-state index contributed by atoms with van der Waals surface area (Å²) in [4.78, 5) is 12.8. The maximum absolute atomic E-state index is 11.2. The Morgan fingerprint density at radius 2 is 2.38 bits per heavy atom. The number of nitrogens with zero attached hydrogens (tertiary/aromatic N) is 1. The van der Waals surface area contributed by atoms with Crippen molar-refractivity contribution in [2.75, 3.05) is 27.2 Å². The van der Waals surface area contributed by atoms with E-state index in [4.69, 9.17) is 4.42 Å². The molecule has 0 aliphatic carbocycles. The number of amides is 1. The lowest BCUT2D eigenvalue weighted by molar-refractivity contribution is -0.128. The average Bonchev–Trinajstić information content (AvgIpc) is 2.75. The van der Waals surface area contributed by atoms with Crippen LogP contribution in [0.2, 0.25) is 0 Å². The molecule has 0 atom stereocenters. The molecule has 0 radical (unpaired) electrons. The Morgan fingerprint density at radius 3 is 3.00 bits per heavy atom. The summed E-state index contributed by atoms with van der Waals surface area (Å²) >= 11 is 0. The second-order valence-electron chi connectivity index (χ2n) is 3.66. The predicted molar refractivity (Wildman–Crippen MR) is 63.9 cm³/mol. The first kappa shape index (κ1) is 12.5. The lowest BCUT2D eigenvalue weighted by atomic mass is 10.3. The minimum absolute atomic E-state index is 0.141. The van der Waals surface area contributed by atoms with Crippen LogP contribution in [-0.2, 0) is 4.79 Å². The molecule has 0 saturated carbocycles. The fourth-order valence-corrected chi connectivity index (χ4v) is 1.17. The van der Waals surface area contributed by atoms with Gasteiger partial charge in [-0.15, -0.1) is 0 Å². The number of hydrogen-bond donors (Lipinski definition) is 1. The first-order valence-electron chi connectivity index (χ1n) is 5.31. The minimum Gasteiger partial charge on any atom is -0.465 e. The number of carbonyl (C=O) groups excluding carboxylic acids is 1. The van der Waals surface area contributed by atoms with Crippen molar-refractivity contribution in [2.24, 2.45) is 0 Å². The molecule has 0 saturated heterocycles. The zero-order chi connectivity index (χ0) is 11.8. The molecule has 4 heteroatoms. The molecule has 0 bridgehead atoms. The largest absolute Gasteiger partial charge is 0.465 e. The number of nitrogens with one attached hydrogen (secondary N) is 1. The molecule has 0 aliphatic rings. The molecule has 1 heterocycles. The van der Waals surface area contributed by atoms with Gasteiger partial charge in [-0.25, -0.2) is 0 Å². The third kappa shape index (κ3) is 4.79. The van der Waals surface area contributed by atoms with E-state index in [9.17, 15) is 4.79 Å². The van der Waals surface area contributed by atoms with Crippen LogP contribution in [0.1, 0.15) is 12.2 Å². The maximum atomic E-state index is 11.2. The zero-order valence-electron chi connectivity index (χ0n) is 9.77. The van der Waals surface area contributed by atoms with Gasteiger partial charge in [-0.2, -0.15) is 0 Å². The van der Waals surface area contributed by atoms with Gasteiger partial charge in [0.1, 0.15) is 5.76 Å². The SMILES string of the molecule is CN(C)C(=O)CCNC/C=C/c1ccco1. The Bertz CT molecular complexity index is 329. The molecule has 4 nitrogen and oxygen atoms in total. The highest BCUT2D eigenvalue weighted by molar-refractivity contribution is 5.75. The summed E-state index contributed by atoms with van der Waals surface area (Å²) < 4.78 is 5.13. The lowest BCUT2D eigenvalue weighted by Gasteiger charge is -2.09. The van der Waals surface area contributed by atoms with Crippen molar-refractivity contribution in [3.63, 3.8) is 0 Å². The molecular formula is C12H18N2O2. The fourth-order valence-electron chi connectivity index (χ4n) is 1.17. The number of hydrogen-bond acceptors (Lipinski definition) is 3. The zero-order valence-corrected chi connectivity index (χ0v) is 9.77. The van der Waals surface area contributed by atoms with Crippen molar-refractivity contribution >= 4 is 12.0 Å². The average molecular weight is 222 g/mol. The van der Waals surface area contributed by atoms with Crippen molar-refractivity contribution in [3.8, 4) is 0 Å². The summed E-state index contributed by atoms with van der Waals surface area (Å²) in [5, 5.41) is 3.16. The van der Waals surface area contributed by atoms with Gasteiger partial charge in [-0.1, -0.05) is 6.08 Å². The Kier molecular flexibility index (Phi) is 5.36. The quantitative estimate of drug-likeness (QED) is 0.739. The first-order valence-corrected chi connectivity index (χ1v) is 5.31. The predicted octanol–water partition coefficient (Wildman–Crippen LogP) is 1.36. The molecule has 16 heavy (non-hydrogen) atoms. The van der Waals surface area contributed by atoms with Crippen molar-refractivity contribution in [3.05, 3.63) is 30.2 Å². The number of carbonyl (C=O) groups is 1. The van der Waals surface area contributed by atoms with Crippen molar-refractivity contribution in [1.29, 1.82) is 0 Å². The maximum Gasteiger partial charge on any atom is 0.223 e. The van der Waals surface area contributed by atoms with Gasteiger partial charge in [-0.3, -0.25) is 4.79 Å². The molecule has 1 rings (SSSR count). The lowest BCUT2D eigenvalue weighted by Crippen LogP contribution is -2.26. The molecule has 0 fully saturated rings. The Balaban J connectivity index is 2.06. The Hall–Kier alpha value is -1.55. The van der Waals surface area contributed by atoms with E-state index in [1.54, 1.807) is 25.3 Å². The first-order chi connectivity index (χ1) is 7.70. The highest BCUT2D eigenvalue weighted by Crippen LogP contribution is 2.01. The molecular weight excluding hydrogens is 204 g/mol. The molecule has 88 valence electrons. The standard InChI is InChI=1S/C12H18N2O2/c1-14(2)12(15)7-9-13-8-3-5-11-6-4-10-16-11/h3-6,10,13H,7-9H2,1-2H3/b5-3+. The normalized spacial score (nSPS) is 10.9. The summed E-state index contributed by atoms with van der Waals surface area (Å²) in [6.07, 6.45) is 6.05. The van der Waals surface area contributed by atoms with E-state index in [0.29, 0.717) is 13.0 Å². The molecule has 1 amide bonds. The fraction of sp³-hybridized carbons (Fsp3) is 0.417. The number of rotatable bonds is 6. The summed E-state index contributed by atoms with van der Waals surface area (Å²) in [6, 6.07) is 3.74. The van der Waals surface area contributed by atoms with E-state index in [2.05, 4.69) is 5.32 Å². The van der Waals surface area contributed by atoms with E-state index in [0.717, 1.165) is 12.3 Å². The summed E-state index contributed by atoms with van der Waals surface area (Å²) in [6.45, 7) is 1.43. The second kappa shape index (κ2) is 6.85. The van der Waals surface area contributed by atoms with E-state index in [-0.39, 0.29) is 5.91 Å². The minimum atomic E-state index is 0.141. The smallest absolute Gasteiger partial charge is 0.223 e. The van der Waals surface area contributed by atoms with Gasteiger partial charge < -0.3 is 14.6 Å². The highest BCUT2D eigenvalue weighted by Gasteiger charge is 2.01. The van der Waals surface area contributed by atoms with Gasteiger partial charge in [0, 0.05) is 33.6 Å². The summed E-state index contributed by atoms with van der Waals surface area (Å²) in [7, 11) is 3.53. The topological polar surface area (TPSA) is 45.5 Å².